The van der Waals surface area contributed by atoms with Gasteiger partial charge in [0, 0.05) is 0 Å². The highest BCUT2D eigenvalue weighted by molar-refractivity contribution is 5.85. The van der Waals surface area contributed by atoms with E-state index in [1.807, 2.05) is 0 Å². The predicted molar refractivity (Wildman–Crippen MR) is 48.1 cm³/mol. The molecule has 0 aliphatic heterocycles. The molecule has 0 atom stereocenters. The van der Waals surface area contributed by atoms with Gasteiger partial charge in [0.1, 0.15) is 12.0 Å². The maximum Gasteiger partial charge on any atom is 0.371 e. The van der Waals surface area contributed by atoms with Crippen molar-refractivity contribution < 1.29 is 18.7 Å². The number of hydrogen-bond donors (Lipinski definition) is 1. The van der Waals surface area contributed by atoms with E-state index in [1.165, 1.54) is 18.6 Å². The van der Waals surface area contributed by atoms with Gasteiger partial charge in [0.25, 0.3) is 0 Å². The second-order valence-electron chi connectivity index (χ2n) is 2.94. The summed E-state index contributed by atoms with van der Waals surface area (Å²) >= 11 is 0. The molecular formula is C10H8O4. The van der Waals surface area contributed by atoms with Gasteiger partial charge in [-0.25, -0.2) is 4.79 Å². The van der Waals surface area contributed by atoms with Gasteiger partial charge in [0.05, 0.1) is 11.8 Å². The Morgan fingerprint density at radius 1 is 1.50 bits per heavy atom. The molecule has 0 radical (unpaired) electrons. The van der Waals surface area contributed by atoms with E-state index in [1.54, 1.807) is 13.0 Å². The first kappa shape index (κ1) is 8.62. The smallest absolute Gasteiger partial charge is 0.371 e. The Kier molecular flexibility index (Phi) is 1.89. The van der Waals surface area contributed by atoms with Crippen molar-refractivity contribution in [3.63, 3.8) is 0 Å². The molecule has 4 heteroatoms. The molecule has 2 rings (SSSR count). The second kappa shape index (κ2) is 3.06. The summed E-state index contributed by atoms with van der Waals surface area (Å²) in [6.45, 7) is 1.79. The highest BCUT2D eigenvalue weighted by Gasteiger charge is 2.14. The molecule has 2 aromatic rings. The van der Waals surface area contributed by atoms with E-state index in [2.05, 4.69) is 0 Å². The Bertz CT molecular complexity index is 450. The first-order chi connectivity index (χ1) is 6.68. The van der Waals surface area contributed by atoms with Crippen molar-refractivity contribution in [3.05, 3.63) is 36.0 Å². The van der Waals surface area contributed by atoms with Crippen LogP contribution in [0.1, 0.15) is 16.1 Å². The number of aromatic carboxylic acids is 1. The van der Waals surface area contributed by atoms with Crippen molar-refractivity contribution in [2.75, 3.05) is 0 Å². The molecule has 14 heavy (non-hydrogen) atoms. The van der Waals surface area contributed by atoms with E-state index in [4.69, 9.17) is 13.9 Å². The Morgan fingerprint density at radius 2 is 2.29 bits per heavy atom. The number of rotatable bonds is 2. The van der Waals surface area contributed by atoms with E-state index < -0.39 is 5.97 Å². The van der Waals surface area contributed by atoms with E-state index in [9.17, 15) is 4.79 Å². The molecular weight excluding hydrogens is 184 g/mol. The number of furan rings is 2. The number of hydrogen-bond acceptors (Lipinski definition) is 3. The second-order valence-corrected chi connectivity index (χ2v) is 2.94. The number of carbonyl (C=O) groups is 1. The Hall–Kier alpha value is -1.97. The molecule has 4 nitrogen and oxygen atoms in total. The third-order valence-electron chi connectivity index (χ3n) is 1.91. The van der Waals surface area contributed by atoms with Crippen LogP contribution in [0.25, 0.3) is 11.3 Å². The van der Waals surface area contributed by atoms with Crippen LogP contribution < -0.4 is 0 Å². The van der Waals surface area contributed by atoms with Crippen molar-refractivity contribution in [2.24, 2.45) is 0 Å². The number of carboxylic acid groups (broad SMARTS) is 1. The van der Waals surface area contributed by atoms with Crippen LogP contribution in [0.5, 0.6) is 0 Å². The van der Waals surface area contributed by atoms with E-state index in [0.717, 1.165) is 11.1 Å². The van der Waals surface area contributed by atoms with Gasteiger partial charge in [-0.2, -0.15) is 0 Å². The molecule has 2 aromatic heterocycles. The summed E-state index contributed by atoms with van der Waals surface area (Å²) in [6, 6.07) is 3.21. The Labute approximate surface area is 79.8 Å². The fraction of sp³-hybridized carbons (Fsp3) is 0.100. The lowest BCUT2D eigenvalue weighted by Gasteiger charge is -1.90. The first-order valence-corrected chi connectivity index (χ1v) is 4.05. The van der Waals surface area contributed by atoms with Crippen LogP contribution in [0.4, 0.5) is 0 Å². The Balaban J connectivity index is 2.50. The molecule has 0 unspecified atom stereocenters. The van der Waals surface area contributed by atoms with Gasteiger partial charge < -0.3 is 13.9 Å². The highest BCUT2D eigenvalue weighted by atomic mass is 16.4. The van der Waals surface area contributed by atoms with Crippen LogP contribution in [0.3, 0.4) is 0 Å². The first-order valence-electron chi connectivity index (χ1n) is 4.05. The number of carboxylic acids is 1. The lowest BCUT2D eigenvalue weighted by atomic mass is 10.2. The molecule has 2 heterocycles. The summed E-state index contributed by atoms with van der Waals surface area (Å²) in [5.41, 5.74) is 1.53. The third kappa shape index (κ3) is 1.31. The molecule has 0 aromatic carbocycles. The zero-order valence-electron chi connectivity index (χ0n) is 7.48. The van der Waals surface area contributed by atoms with E-state index >= 15 is 0 Å². The molecule has 0 saturated carbocycles. The van der Waals surface area contributed by atoms with Gasteiger partial charge in [0.2, 0.25) is 5.76 Å². The van der Waals surface area contributed by atoms with Crippen LogP contribution >= 0.6 is 0 Å². The number of aryl methyl sites for hydroxylation is 1. The summed E-state index contributed by atoms with van der Waals surface area (Å²) in [7, 11) is 0. The van der Waals surface area contributed by atoms with Gasteiger partial charge in [-0.1, -0.05) is 0 Å². The van der Waals surface area contributed by atoms with Crippen molar-refractivity contribution >= 4 is 5.97 Å². The molecule has 72 valence electrons. The average molecular weight is 192 g/mol. The maximum atomic E-state index is 10.6. The Morgan fingerprint density at radius 3 is 2.79 bits per heavy atom. The SMILES string of the molecule is Cc1cc(C(=O)O)oc1-c1ccoc1. The minimum absolute atomic E-state index is 0.0568. The van der Waals surface area contributed by atoms with E-state index in [-0.39, 0.29) is 5.76 Å². The molecule has 0 fully saturated rings. The predicted octanol–water partition coefficient (Wildman–Crippen LogP) is 2.55. The molecule has 0 amide bonds. The zero-order valence-corrected chi connectivity index (χ0v) is 7.48. The van der Waals surface area contributed by atoms with Gasteiger partial charge in [-0.05, 0) is 24.6 Å². The summed E-state index contributed by atoms with van der Waals surface area (Å²) in [5, 5.41) is 8.70. The minimum Gasteiger partial charge on any atom is -0.475 e. The van der Waals surface area contributed by atoms with Gasteiger partial charge >= 0.3 is 5.97 Å². The summed E-state index contributed by atoms with van der Waals surface area (Å²) in [6.07, 6.45) is 3.02. The molecule has 0 bridgehead atoms. The van der Waals surface area contributed by atoms with Crippen molar-refractivity contribution in [1.29, 1.82) is 0 Å². The van der Waals surface area contributed by atoms with E-state index in [0.29, 0.717) is 5.76 Å². The van der Waals surface area contributed by atoms with Gasteiger partial charge in [0.15, 0.2) is 0 Å². The van der Waals surface area contributed by atoms with Crippen molar-refractivity contribution in [2.45, 2.75) is 6.92 Å². The zero-order chi connectivity index (χ0) is 10.1. The summed E-state index contributed by atoms with van der Waals surface area (Å²) < 4.78 is 10.0. The fourth-order valence-corrected chi connectivity index (χ4v) is 1.27. The lowest BCUT2D eigenvalue weighted by molar-refractivity contribution is 0.0663. The largest absolute Gasteiger partial charge is 0.475 e. The van der Waals surface area contributed by atoms with Gasteiger partial charge in [-0.3, -0.25) is 0 Å². The van der Waals surface area contributed by atoms with Crippen LogP contribution in [-0.2, 0) is 0 Å². The summed E-state index contributed by atoms with van der Waals surface area (Å²) in [4.78, 5) is 10.6. The van der Waals surface area contributed by atoms with Crippen LogP contribution in [0.15, 0.2) is 33.5 Å². The standard InChI is InChI=1S/C10H8O4/c1-6-4-8(10(11)12)14-9(6)7-2-3-13-5-7/h2-5H,1H3,(H,11,12). The highest BCUT2D eigenvalue weighted by Crippen LogP contribution is 2.26. The quantitative estimate of drug-likeness (QED) is 0.794. The van der Waals surface area contributed by atoms with Crippen LogP contribution in [-0.4, -0.2) is 11.1 Å². The normalized spacial score (nSPS) is 10.4. The average Bonchev–Trinajstić information content (AvgIpc) is 2.71. The molecule has 0 spiro atoms. The van der Waals surface area contributed by atoms with Crippen LogP contribution in [0.2, 0.25) is 0 Å². The fourth-order valence-electron chi connectivity index (χ4n) is 1.27. The monoisotopic (exact) mass is 192 g/mol. The molecule has 0 saturated heterocycles. The molecule has 0 aliphatic carbocycles. The van der Waals surface area contributed by atoms with Gasteiger partial charge in [-0.15, -0.1) is 0 Å². The minimum atomic E-state index is -1.07. The lowest BCUT2D eigenvalue weighted by Crippen LogP contribution is -1.91. The van der Waals surface area contributed by atoms with Crippen molar-refractivity contribution in [3.8, 4) is 11.3 Å². The molecule has 1 N–H and O–H groups in total. The molecule has 0 aliphatic rings. The summed E-state index contributed by atoms with van der Waals surface area (Å²) in [5.74, 6) is -0.585. The topological polar surface area (TPSA) is 63.6 Å². The van der Waals surface area contributed by atoms with Crippen molar-refractivity contribution in [1.82, 2.24) is 0 Å². The van der Waals surface area contributed by atoms with Crippen LogP contribution in [0, 0.1) is 6.92 Å². The third-order valence-corrected chi connectivity index (χ3v) is 1.91. The maximum absolute atomic E-state index is 10.6.